The Labute approximate surface area is 210 Å². The van der Waals surface area contributed by atoms with Crippen LogP contribution in [0.4, 0.5) is 14.5 Å². The largest absolute Gasteiger partial charge is 0.316 e. The molecular formula is C25H32F2N4O4S. The molecule has 196 valence electrons. The molecule has 1 aliphatic carbocycles. The van der Waals surface area contributed by atoms with Gasteiger partial charge in [-0.05, 0) is 49.8 Å². The maximum atomic E-state index is 14.5. The molecule has 3 aliphatic rings. The van der Waals surface area contributed by atoms with Gasteiger partial charge in [0.1, 0.15) is 23.0 Å². The van der Waals surface area contributed by atoms with Crippen LogP contribution in [0.15, 0.2) is 22.5 Å². The molecule has 1 aromatic carbocycles. The zero-order valence-corrected chi connectivity index (χ0v) is 21.6. The summed E-state index contributed by atoms with van der Waals surface area (Å²) in [4.78, 5) is 30.1. The van der Waals surface area contributed by atoms with Crippen molar-refractivity contribution in [2.75, 3.05) is 25.0 Å². The number of halogens is 2. The standard InChI is InChI=1S/C25H32F2N4O4S/c1-16-4-6-18(7-5-16)23-28-24(33)25(29-23)9-11-31(12-10-25)36(34,35)13-8-20-21(26)14-19(15-22(20)27)30(3)17(2)32/h8,13-16,18H,4-7,9-12H2,1-3H3,(H,28,29,33)/b13-8+. The molecule has 1 aromatic rings. The fourth-order valence-electron chi connectivity index (χ4n) is 5.06. The highest BCUT2D eigenvalue weighted by molar-refractivity contribution is 7.92. The highest BCUT2D eigenvalue weighted by Gasteiger charge is 2.48. The first-order chi connectivity index (χ1) is 16.9. The molecule has 0 bridgehead atoms. The lowest BCUT2D eigenvalue weighted by Gasteiger charge is -2.34. The molecule has 0 radical (unpaired) electrons. The van der Waals surface area contributed by atoms with Crippen LogP contribution in [0, 0.1) is 23.5 Å². The molecule has 0 aromatic heterocycles. The smallest absolute Gasteiger partial charge is 0.253 e. The Balaban J connectivity index is 1.44. The van der Waals surface area contributed by atoms with Crippen molar-refractivity contribution in [2.24, 2.45) is 16.8 Å². The van der Waals surface area contributed by atoms with Gasteiger partial charge < -0.3 is 10.2 Å². The van der Waals surface area contributed by atoms with Crippen molar-refractivity contribution in [1.29, 1.82) is 0 Å². The zero-order valence-electron chi connectivity index (χ0n) is 20.8. The highest BCUT2D eigenvalue weighted by atomic mass is 32.2. The number of piperidine rings is 1. The van der Waals surface area contributed by atoms with Gasteiger partial charge in [0.25, 0.3) is 5.91 Å². The van der Waals surface area contributed by atoms with E-state index in [9.17, 15) is 26.8 Å². The number of nitrogens with zero attached hydrogens (tertiary/aromatic N) is 3. The van der Waals surface area contributed by atoms with E-state index in [1.807, 2.05) is 0 Å². The molecule has 36 heavy (non-hydrogen) atoms. The zero-order chi connectivity index (χ0) is 26.3. The second-order valence-corrected chi connectivity index (χ2v) is 11.9. The number of hydrogen-bond acceptors (Lipinski definition) is 5. The summed E-state index contributed by atoms with van der Waals surface area (Å²) in [6.45, 7) is 3.64. The van der Waals surface area contributed by atoms with Gasteiger partial charge in [-0.1, -0.05) is 19.8 Å². The van der Waals surface area contributed by atoms with E-state index in [-0.39, 0.29) is 43.4 Å². The van der Waals surface area contributed by atoms with E-state index in [4.69, 9.17) is 4.99 Å². The molecular weight excluding hydrogens is 490 g/mol. The number of nitrogens with one attached hydrogen (secondary N) is 1. The van der Waals surface area contributed by atoms with Crippen LogP contribution in [0.25, 0.3) is 6.08 Å². The topological polar surface area (TPSA) is 99.2 Å². The quantitative estimate of drug-likeness (QED) is 0.641. The molecule has 1 N–H and O–H groups in total. The molecule has 11 heteroatoms. The van der Waals surface area contributed by atoms with Crippen molar-refractivity contribution in [2.45, 2.75) is 57.9 Å². The number of carbonyl (C=O) groups excluding carboxylic acids is 2. The SMILES string of the molecule is CC(=O)N(C)c1cc(F)c(/C=C/S(=O)(=O)N2CCC3(CC2)N=C(C2CCC(C)CC2)NC3=O)c(F)c1. The van der Waals surface area contributed by atoms with Crippen LogP contribution in [0.3, 0.4) is 0 Å². The van der Waals surface area contributed by atoms with Crippen molar-refractivity contribution in [3.8, 4) is 0 Å². The fourth-order valence-corrected chi connectivity index (χ4v) is 6.24. The predicted molar refractivity (Wildman–Crippen MR) is 134 cm³/mol. The Kier molecular flexibility index (Phi) is 7.34. The summed E-state index contributed by atoms with van der Waals surface area (Å²) in [6, 6.07) is 1.95. The number of rotatable bonds is 5. The minimum atomic E-state index is -3.98. The third kappa shape index (κ3) is 5.22. The van der Waals surface area contributed by atoms with Gasteiger partial charge >= 0.3 is 0 Å². The van der Waals surface area contributed by atoms with Crippen LogP contribution < -0.4 is 10.2 Å². The second kappa shape index (κ2) is 10.0. The number of anilines is 1. The molecule has 1 saturated heterocycles. The van der Waals surface area contributed by atoms with Crippen LogP contribution in [0.2, 0.25) is 0 Å². The third-order valence-electron chi connectivity index (χ3n) is 7.64. The fraction of sp³-hybridized carbons (Fsp3) is 0.560. The number of amides is 2. The van der Waals surface area contributed by atoms with Gasteiger partial charge in [0, 0.05) is 49.6 Å². The van der Waals surface area contributed by atoms with Gasteiger partial charge in [0.05, 0.1) is 0 Å². The molecule has 2 aliphatic heterocycles. The molecule has 0 unspecified atom stereocenters. The van der Waals surface area contributed by atoms with Gasteiger partial charge in [-0.15, -0.1) is 0 Å². The van der Waals surface area contributed by atoms with Crippen molar-refractivity contribution in [3.05, 3.63) is 34.7 Å². The van der Waals surface area contributed by atoms with E-state index < -0.39 is 38.7 Å². The highest BCUT2D eigenvalue weighted by Crippen LogP contribution is 2.36. The summed E-state index contributed by atoms with van der Waals surface area (Å²) in [7, 11) is -2.60. The van der Waals surface area contributed by atoms with Crippen LogP contribution >= 0.6 is 0 Å². The van der Waals surface area contributed by atoms with E-state index in [1.54, 1.807) is 0 Å². The number of hydrogen-bond donors (Lipinski definition) is 1. The summed E-state index contributed by atoms with van der Waals surface area (Å²) in [5.74, 6) is -0.899. The average molecular weight is 523 g/mol. The van der Waals surface area contributed by atoms with Crippen molar-refractivity contribution in [1.82, 2.24) is 9.62 Å². The monoisotopic (exact) mass is 522 g/mol. The summed E-state index contributed by atoms with van der Waals surface area (Å²) < 4.78 is 56.0. The van der Waals surface area contributed by atoms with Gasteiger partial charge in [-0.2, -0.15) is 4.31 Å². The van der Waals surface area contributed by atoms with Crippen molar-refractivity contribution >= 4 is 39.4 Å². The van der Waals surface area contributed by atoms with Crippen molar-refractivity contribution < 1.29 is 26.8 Å². The number of amidine groups is 1. The van der Waals surface area contributed by atoms with E-state index in [2.05, 4.69) is 12.2 Å². The van der Waals surface area contributed by atoms with E-state index >= 15 is 0 Å². The number of sulfonamides is 1. The first kappa shape index (κ1) is 26.4. The van der Waals surface area contributed by atoms with Gasteiger partial charge in [0.15, 0.2) is 0 Å². The minimum absolute atomic E-state index is 0.0244. The number of benzene rings is 1. The molecule has 2 amide bonds. The van der Waals surface area contributed by atoms with Crippen LogP contribution in [-0.4, -0.2) is 56.0 Å². The Morgan fingerprint density at radius 1 is 1.17 bits per heavy atom. The molecule has 2 fully saturated rings. The van der Waals surface area contributed by atoms with Gasteiger partial charge in [-0.25, -0.2) is 17.2 Å². The van der Waals surface area contributed by atoms with Crippen molar-refractivity contribution in [3.63, 3.8) is 0 Å². The first-order valence-electron chi connectivity index (χ1n) is 12.2. The lowest BCUT2D eigenvalue weighted by Crippen LogP contribution is -2.50. The number of carbonyl (C=O) groups is 2. The van der Waals surface area contributed by atoms with Gasteiger partial charge in [0.2, 0.25) is 15.9 Å². The van der Waals surface area contributed by atoms with Crippen LogP contribution in [0.5, 0.6) is 0 Å². The Bertz CT molecular complexity index is 1190. The lowest BCUT2D eigenvalue weighted by molar-refractivity contribution is -0.125. The summed E-state index contributed by atoms with van der Waals surface area (Å²) >= 11 is 0. The molecule has 1 saturated carbocycles. The Hall–Kier alpha value is -2.66. The Morgan fingerprint density at radius 3 is 2.31 bits per heavy atom. The predicted octanol–water partition coefficient (Wildman–Crippen LogP) is 3.44. The maximum absolute atomic E-state index is 14.5. The van der Waals surface area contributed by atoms with Gasteiger partial charge in [-0.3, -0.25) is 14.6 Å². The van der Waals surface area contributed by atoms with Crippen LogP contribution in [0.1, 0.15) is 57.9 Å². The molecule has 0 atom stereocenters. The Morgan fingerprint density at radius 2 is 1.75 bits per heavy atom. The molecule has 4 rings (SSSR count). The number of aliphatic imine (C=N–C) groups is 1. The van der Waals surface area contributed by atoms with E-state index in [0.717, 1.165) is 60.0 Å². The second-order valence-electron chi connectivity index (χ2n) is 10.1. The molecule has 8 nitrogen and oxygen atoms in total. The molecule has 1 spiro atoms. The van der Waals surface area contributed by atoms with E-state index in [1.165, 1.54) is 18.3 Å². The average Bonchev–Trinajstić information content (AvgIpc) is 3.13. The maximum Gasteiger partial charge on any atom is 0.253 e. The first-order valence-corrected chi connectivity index (χ1v) is 13.7. The van der Waals surface area contributed by atoms with Crippen LogP contribution in [-0.2, 0) is 19.6 Å². The van der Waals surface area contributed by atoms with E-state index in [0.29, 0.717) is 5.92 Å². The summed E-state index contributed by atoms with van der Waals surface area (Å²) in [5, 5.41) is 3.72. The lowest BCUT2D eigenvalue weighted by atomic mass is 9.82. The minimum Gasteiger partial charge on any atom is -0.316 e. The summed E-state index contributed by atoms with van der Waals surface area (Å²) in [5.41, 5.74) is -1.44. The normalized spacial score (nSPS) is 24.7. The molecule has 2 heterocycles. The summed E-state index contributed by atoms with van der Waals surface area (Å²) in [6.07, 6.45) is 5.54. The third-order valence-corrected chi connectivity index (χ3v) is 9.21.